The van der Waals surface area contributed by atoms with Crippen LogP contribution in [0.1, 0.15) is 39.0 Å². The summed E-state index contributed by atoms with van der Waals surface area (Å²) in [5, 5.41) is 8.78. The molecule has 0 bridgehead atoms. The minimum absolute atomic E-state index is 0.0631. The van der Waals surface area contributed by atoms with E-state index in [1.807, 2.05) is 16.8 Å². The molecule has 0 radical (unpaired) electrons. The molecule has 2 aliphatic rings. The Balaban J connectivity index is 2.09. The largest absolute Gasteiger partial charge is 0.481 e. The maximum absolute atomic E-state index is 12.6. The SMILES string of the molecule is CC1CCN(C)C(CCC(=O)O)C(=O)N1C1CC1. The number of hydrogen-bond donors (Lipinski definition) is 1. The molecule has 2 unspecified atom stereocenters. The van der Waals surface area contributed by atoms with Crippen molar-refractivity contribution in [3.05, 3.63) is 0 Å². The van der Waals surface area contributed by atoms with Crippen molar-refractivity contribution in [2.24, 2.45) is 0 Å². The number of carboxylic acids is 1. The Bertz CT molecular complexity index is 341. The number of aliphatic carboxylic acids is 1. The van der Waals surface area contributed by atoms with Crippen LogP contribution in [0.4, 0.5) is 0 Å². The minimum atomic E-state index is -0.827. The number of carbonyl (C=O) groups excluding carboxylic acids is 1. The normalized spacial score (nSPS) is 30.3. The maximum Gasteiger partial charge on any atom is 0.303 e. The van der Waals surface area contributed by atoms with Gasteiger partial charge in [0.1, 0.15) is 0 Å². The Kier molecular flexibility index (Phi) is 3.90. The van der Waals surface area contributed by atoms with E-state index in [4.69, 9.17) is 5.11 Å². The average molecular weight is 254 g/mol. The van der Waals surface area contributed by atoms with Gasteiger partial charge in [0, 0.05) is 25.0 Å². The summed E-state index contributed by atoms with van der Waals surface area (Å²) in [7, 11) is 1.92. The van der Waals surface area contributed by atoms with Crippen LogP contribution in [0.15, 0.2) is 0 Å². The topological polar surface area (TPSA) is 60.9 Å². The van der Waals surface area contributed by atoms with E-state index in [0.717, 1.165) is 25.8 Å². The molecular weight excluding hydrogens is 232 g/mol. The first kappa shape index (κ1) is 13.3. The lowest BCUT2D eigenvalue weighted by molar-refractivity contribution is -0.139. The molecule has 2 fully saturated rings. The summed E-state index contributed by atoms with van der Waals surface area (Å²) >= 11 is 0. The summed E-state index contributed by atoms with van der Waals surface area (Å²) in [6.45, 7) is 2.96. The number of carboxylic acid groups (broad SMARTS) is 1. The number of amides is 1. The third-order valence-electron chi connectivity index (χ3n) is 4.02. The molecule has 0 aromatic heterocycles. The number of carbonyl (C=O) groups is 2. The third kappa shape index (κ3) is 2.83. The highest BCUT2D eigenvalue weighted by Crippen LogP contribution is 2.32. The van der Waals surface area contributed by atoms with E-state index in [1.165, 1.54) is 0 Å². The standard InChI is InChI=1S/C13H22N2O3/c1-9-7-8-14(2)11(5-6-12(16)17)13(18)15(9)10-3-4-10/h9-11H,3-8H2,1-2H3,(H,16,17). The summed E-state index contributed by atoms with van der Waals surface area (Å²) in [5.41, 5.74) is 0. The van der Waals surface area contributed by atoms with Crippen LogP contribution >= 0.6 is 0 Å². The van der Waals surface area contributed by atoms with Crippen LogP contribution in [-0.2, 0) is 9.59 Å². The molecule has 2 rings (SSSR count). The van der Waals surface area contributed by atoms with Gasteiger partial charge in [0.05, 0.1) is 6.04 Å². The fourth-order valence-corrected chi connectivity index (χ4v) is 2.76. The Hall–Kier alpha value is -1.10. The van der Waals surface area contributed by atoms with E-state index in [-0.39, 0.29) is 24.4 Å². The lowest BCUT2D eigenvalue weighted by Gasteiger charge is -2.30. The molecule has 5 heteroatoms. The van der Waals surface area contributed by atoms with Gasteiger partial charge in [-0.05, 0) is 39.7 Å². The van der Waals surface area contributed by atoms with Crippen LogP contribution in [0.25, 0.3) is 0 Å². The van der Waals surface area contributed by atoms with E-state index in [9.17, 15) is 9.59 Å². The first-order chi connectivity index (χ1) is 8.50. The molecule has 5 nitrogen and oxygen atoms in total. The first-order valence-electron chi connectivity index (χ1n) is 6.75. The number of rotatable bonds is 4. The van der Waals surface area contributed by atoms with E-state index < -0.39 is 5.97 Å². The highest BCUT2D eigenvalue weighted by molar-refractivity contribution is 5.83. The second kappa shape index (κ2) is 5.26. The van der Waals surface area contributed by atoms with Gasteiger partial charge < -0.3 is 10.0 Å². The molecule has 1 heterocycles. The zero-order valence-electron chi connectivity index (χ0n) is 11.1. The Morgan fingerprint density at radius 3 is 2.61 bits per heavy atom. The van der Waals surface area contributed by atoms with Crippen molar-refractivity contribution in [1.82, 2.24) is 9.80 Å². The number of likely N-dealkylation sites (N-methyl/N-ethyl adjacent to an activating group) is 1. The van der Waals surface area contributed by atoms with Crippen molar-refractivity contribution in [2.45, 2.75) is 57.2 Å². The number of nitrogens with zero attached hydrogens (tertiary/aromatic N) is 2. The second-order valence-corrected chi connectivity index (χ2v) is 5.54. The lowest BCUT2D eigenvalue weighted by atomic mass is 10.1. The minimum Gasteiger partial charge on any atom is -0.481 e. The molecule has 1 saturated carbocycles. The lowest BCUT2D eigenvalue weighted by Crippen LogP contribution is -2.47. The van der Waals surface area contributed by atoms with Crippen LogP contribution in [0.3, 0.4) is 0 Å². The summed E-state index contributed by atoms with van der Waals surface area (Å²) in [6.07, 6.45) is 3.66. The third-order valence-corrected chi connectivity index (χ3v) is 4.02. The van der Waals surface area contributed by atoms with Gasteiger partial charge in [0.15, 0.2) is 0 Å². The fourth-order valence-electron chi connectivity index (χ4n) is 2.76. The van der Waals surface area contributed by atoms with Crippen molar-refractivity contribution in [1.29, 1.82) is 0 Å². The zero-order valence-corrected chi connectivity index (χ0v) is 11.1. The maximum atomic E-state index is 12.6. The fraction of sp³-hybridized carbons (Fsp3) is 0.846. The smallest absolute Gasteiger partial charge is 0.303 e. The molecule has 102 valence electrons. The van der Waals surface area contributed by atoms with Crippen LogP contribution in [-0.4, -0.2) is 58.5 Å². The predicted molar refractivity (Wildman–Crippen MR) is 67.2 cm³/mol. The monoisotopic (exact) mass is 254 g/mol. The molecule has 0 aromatic rings. The summed E-state index contributed by atoms with van der Waals surface area (Å²) in [4.78, 5) is 27.3. The molecule has 1 N–H and O–H groups in total. The highest BCUT2D eigenvalue weighted by Gasteiger charge is 2.41. The van der Waals surface area contributed by atoms with Crippen molar-refractivity contribution in [2.75, 3.05) is 13.6 Å². The van der Waals surface area contributed by atoms with E-state index in [1.54, 1.807) is 0 Å². The molecule has 1 saturated heterocycles. The molecule has 0 spiro atoms. The number of hydrogen-bond acceptors (Lipinski definition) is 3. The Labute approximate surface area is 108 Å². The predicted octanol–water partition coefficient (Wildman–Crippen LogP) is 0.935. The van der Waals surface area contributed by atoms with Crippen molar-refractivity contribution in [3.8, 4) is 0 Å². The molecule has 1 amide bonds. The Morgan fingerprint density at radius 1 is 1.39 bits per heavy atom. The van der Waals surface area contributed by atoms with Gasteiger partial charge in [0.2, 0.25) is 5.91 Å². The van der Waals surface area contributed by atoms with Gasteiger partial charge in [-0.1, -0.05) is 0 Å². The first-order valence-corrected chi connectivity index (χ1v) is 6.75. The highest BCUT2D eigenvalue weighted by atomic mass is 16.4. The molecular formula is C13H22N2O3. The average Bonchev–Trinajstić information content (AvgIpc) is 3.10. The van der Waals surface area contributed by atoms with Crippen molar-refractivity contribution < 1.29 is 14.7 Å². The summed E-state index contributed by atoms with van der Waals surface area (Å²) in [6, 6.07) is 0.431. The van der Waals surface area contributed by atoms with E-state index in [2.05, 4.69) is 6.92 Å². The quantitative estimate of drug-likeness (QED) is 0.811. The van der Waals surface area contributed by atoms with Gasteiger partial charge in [-0.25, -0.2) is 0 Å². The van der Waals surface area contributed by atoms with Crippen LogP contribution in [0, 0.1) is 0 Å². The van der Waals surface area contributed by atoms with Crippen molar-refractivity contribution >= 4 is 11.9 Å². The summed E-state index contributed by atoms with van der Waals surface area (Å²) < 4.78 is 0. The second-order valence-electron chi connectivity index (χ2n) is 5.54. The Morgan fingerprint density at radius 2 is 2.06 bits per heavy atom. The zero-order chi connectivity index (χ0) is 13.3. The van der Waals surface area contributed by atoms with Crippen LogP contribution < -0.4 is 0 Å². The molecule has 1 aliphatic heterocycles. The van der Waals surface area contributed by atoms with Gasteiger partial charge in [-0.15, -0.1) is 0 Å². The van der Waals surface area contributed by atoms with Crippen molar-refractivity contribution in [3.63, 3.8) is 0 Å². The molecule has 0 aromatic carbocycles. The molecule has 1 aliphatic carbocycles. The van der Waals surface area contributed by atoms with Gasteiger partial charge >= 0.3 is 5.97 Å². The summed E-state index contributed by atoms with van der Waals surface area (Å²) in [5.74, 6) is -0.697. The molecule has 2 atom stereocenters. The molecule has 18 heavy (non-hydrogen) atoms. The van der Waals surface area contributed by atoms with E-state index in [0.29, 0.717) is 12.5 Å². The van der Waals surface area contributed by atoms with Gasteiger partial charge in [-0.2, -0.15) is 0 Å². The van der Waals surface area contributed by atoms with Gasteiger partial charge in [-0.3, -0.25) is 14.5 Å². The van der Waals surface area contributed by atoms with Gasteiger partial charge in [0.25, 0.3) is 0 Å². The van der Waals surface area contributed by atoms with Crippen LogP contribution in [0.2, 0.25) is 0 Å². The van der Waals surface area contributed by atoms with Crippen LogP contribution in [0.5, 0.6) is 0 Å². The van der Waals surface area contributed by atoms with E-state index >= 15 is 0 Å².